The zero-order valence-corrected chi connectivity index (χ0v) is 14.8. The second-order valence-electron chi connectivity index (χ2n) is 5.38. The first kappa shape index (κ1) is 18.0. The van der Waals surface area contributed by atoms with Crippen molar-refractivity contribution in [1.29, 1.82) is 0 Å². The van der Waals surface area contributed by atoms with Crippen LogP contribution in [-0.4, -0.2) is 41.3 Å². The fourth-order valence-electron chi connectivity index (χ4n) is 2.26. The van der Waals surface area contributed by atoms with Gasteiger partial charge in [-0.2, -0.15) is 5.10 Å². The molecule has 1 aromatic carbocycles. The van der Waals surface area contributed by atoms with Gasteiger partial charge < -0.3 is 9.47 Å². The third kappa shape index (κ3) is 4.63. The van der Waals surface area contributed by atoms with Gasteiger partial charge in [-0.1, -0.05) is 0 Å². The number of carbonyl (C=O) groups excluding carboxylic acids is 1. The summed E-state index contributed by atoms with van der Waals surface area (Å²) in [5.41, 5.74) is 4.61. The SMILES string of the molecule is COc1cc(/C=N/NC(=O)c2cncc(-c3cccnc3)n2)cc(OC)c1. The molecule has 0 saturated heterocycles. The first-order chi connectivity index (χ1) is 13.2. The van der Waals surface area contributed by atoms with Gasteiger partial charge in [0.15, 0.2) is 0 Å². The maximum absolute atomic E-state index is 12.3. The number of nitrogens with one attached hydrogen (secondary N) is 1. The van der Waals surface area contributed by atoms with Crippen LogP contribution in [0.15, 0.2) is 60.2 Å². The van der Waals surface area contributed by atoms with E-state index in [2.05, 4.69) is 25.5 Å². The van der Waals surface area contributed by atoms with Crippen molar-refractivity contribution in [1.82, 2.24) is 20.4 Å². The van der Waals surface area contributed by atoms with Gasteiger partial charge in [0.25, 0.3) is 5.91 Å². The Balaban J connectivity index is 1.72. The molecule has 0 aliphatic heterocycles. The quantitative estimate of drug-likeness (QED) is 0.533. The predicted molar refractivity (Wildman–Crippen MR) is 99.9 cm³/mol. The van der Waals surface area contributed by atoms with Crippen LogP contribution in [0.3, 0.4) is 0 Å². The van der Waals surface area contributed by atoms with E-state index in [9.17, 15) is 4.79 Å². The number of rotatable bonds is 6. The number of amides is 1. The van der Waals surface area contributed by atoms with Crippen molar-refractivity contribution < 1.29 is 14.3 Å². The monoisotopic (exact) mass is 363 g/mol. The molecule has 2 aromatic heterocycles. The average Bonchev–Trinajstić information content (AvgIpc) is 2.74. The van der Waals surface area contributed by atoms with Gasteiger partial charge in [0.1, 0.15) is 17.2 Å². The molecule has 3 rings (SSSR count). The summed E-state index contributed by atoms with van der Waals surface area (Å²) in [7, 11) is 3.12. The van der Waals surface area contributed by atoms with E-state index in [0.29, 0.717) is 22.8 Å². The molecule has 0 aliphatic rings. The first-order valence-electron chi connectivity index (χ1n) is 7.98. The molecule has 0 radical (unpaired) electrons. The molecule has 0 saturated carbocycles. The van der Waals surface area contributed by atoms with Crippen LogP contribution in [0.1, 0.15) is 16.1 Å². The lowest BCUT2D eigenvalue weighted by Gasteiger charge is -2.05. The molecule has 27 heavy (non-hydrogen) atoms. The molecule has 8 heteroatoms. The van der Waals surface area contributed by atoms with Crippen LogP contribution in [0.25, 0.3) is 11.3 Å². The molecule has 136 valence electrons. The van der Waals surface area contributed by atoms with E-state index in [0.717, 1.165) is 5.56 Å². The van der Waals surface area contributed by atoms with Crippen LogP contribution in [0.5, 0.6) is 11.5 Å². The highest BCUT2D eigenvalue weighted by molar-refractivity contribution is 5.93. The normalized spacial score (nSPS) is 10.6. The molecule has 0 fully saturated rings. The Labute approximate surface area is 155 Å². The fraction of sp³-hybridized carbons (Fsp3) is 0.105. The van der Waals surface area contributed by atoms with Gasteiger partial charge in [-0.05, 0) is 24.3 Å². The Morgan fingerprint density at radius 1 is 1.07 bits per heavy atom. The van der Waals surface area contributed by atoms with Gasteiger partial charge in [0.05, 0.1) is 38.5 Å². The van der Waals surface area contributed by atoms with Gasteiger partial charge >= 0.3 is 0 Å². The summed E-state index contributed by atoms with van der Waals surface area (Å²) >= 11 is 0. The summed E-state index contributed by atoms with van der Waals surface area (Å²) in [6, 6.07) is 8.90. The van der Waals surface area contributed by atoms with Crippen LogP contribution < -0.4 is 14.9 Å². The third-order valence-electron chi connectivity index (χ3n) is 3.58. The number of ether oxygens (including phenoxy) is 2. The third-order valence-corrected chi connectivity index (χ3v) is 3.58. The summed E-state index contributed by atoms with van der Waals surface area (Å²) < 4.78 is 10.4. The van der Waals surface area contributed by atoms with Crippen molar-refractivity contribution in [2.24, 2.45) is 5.10 Å². The maximum Gasteiger partial charge on any atom is 0.291 e. The van der Waals surface area contributed by atoms with E-state index >= 15 is 0 Å². The summed E-state index contributed by atoms with van der Waals surface area (Å²) in [5, 5.41) is 3.96. The van der Waals surface area contributed by atoms with Crippen molar-refractivity contribution in [2.75, 3.05) is 14.2 Å². The van der Waals surface area contributed by atoms with Crippen LogP contribution >= 0.6 is 0 Å². The highest BCUT2D eigenvalue weighted by Gasteiger charge is 2.09. The molecule has 3 aromatic rings. The van der Waals surface area contributed by atoms with E-state index in [1.165, 1.54) is 12.4 Å². The number of hydrogen-bond donors (Lipinski definition) is 1. The molecule has 0 spiro atoms. The highest BCUT2D eigenvalue weighted by atomic mass is 16.5. The standard InChI is InChI=1S/C19H17N5O3/c1-26-15-6-13(7-16(8-15)27-2)9-22-24-19(25)18-12-21-11-17(23-18)14-4-3-5-20-10-14/h3-12H,1-2H3,(H,24,25)/b22-9+. The highest BCUT2D eigenvalue weighted by Crippen LogP contribution is 2.21. The molecular weight excluding hydrogens is 346 g/mol. The molecule has 0 unspecified atom stereocenters. The summed E-state index contributed by atoms with van der Waals surface area (Å²) in [4.78, 5) is 24.7. The molecule has 2 heterocycles. The summed E-state index contributed by atoms with van der Waals surface area (Å²) in [6.07, 6.45) is 7.75. The summed E-state index contributed by atoms with van der Waals surface area (Å²) in [6.45, 7) is 0. The number of benzene rings is 1. The minimum atomic E-state index is -0.473. The topological polar surface area (TPSA) is 98.6 Å². The van der Waals surface area contributed by atoms with Crippen molar-refractivity contribution >= 4 is 12.1 Å². The van der Waals surface area contributed by atoms with Crippen LogP contribution in [0.4, 0.5) is 0 Å². The fourth-order valence-corrected chi connectivity index (χ4v) is 2.26. The Morgan fingerprint density at radius 2 is 1.85 bits per heavy atom. The van der Waals surface area contributed by atoms with E-state index in [1.54, 1.807) is 57.1 Å². The van der Waals surface area contributed by atoms with E-state index in [1.807, 2.05) is 6.07 Å². The molecule has 8 nitrogen and oxygen atoms in total. The van der Waals surface area contributed by atoms with Crippen molar-refractivity contribution in [3.05, 3.63) is 66.4 Å². The molecule has 1 amide bonds. The zero-order valence-electron chi connectivity index (χ0n) is 14.8. The van der Waals surface area contributed by atoms with Crippen LogP contribution in [-0.2, 0) is 0 Å². The maximum atomic E-state index is 12.3. The molecule has 0 atom stereocenters. The van der Waals surface area contributed by atoms with Crippen LogP contribution in [0, 0.1) is 0 Å². The Morgan fingerprint density at radius 3 is 2.52 bits per heavy atom. The zero-order chi connectivity index (χ0) is 19.1. The second kappa shape index (κ2) is 8.52. The number of hydrogen-bond acceptors (Lipinski definition) is 7. The smallest absolute Gasteiger partial charge is 0.291 e. The average molecular weight is 363 g/mol. The number of carbonyl (C=O) groups is 1. The minimum Gasteiger partial charge on any atom is -0.497 e. The molecule has 0 bridgehead atoms. The lowest BCUT2D eigenvalue weighted by Crippen LogP contribution is -2.19. The minimum absolute atomic E-state index is 0.150. The molecule has 0 aliphatic carbocycles. The lowest BCUT2D eigenvalue weighted by molar-refractivity contribution is 0.0950. The van der Waals surface area contributed by atoms with Gasteiger partial charge in [-0.3, -0.25) is 14.8 Å². The number of pyridine rings is 1. The summed E-state index contributed by atoms with van der Waals surface area (Å²) in [5.74, 6) is 0.772. The molecule has 1 N–H and O–H groups in total. The van der Waals surface area contributed by atoms with Gasteiger partial charge in [0.2, 0.25) is 0 Å². The number of hydrazone groups is 1. The second-order valence-corrected chi connectivity index (χ2v) is 5.38. The van der Waals surface area contributed by atoms with Gasteiger partial charge in [0, 0.05) is 29.6 Å². The van der Waals surface area contributed by atoms with Crippen molar-refractivity contribution in [2.45, 2.75) is 0 Å². The van der Waals surface area contributed by atoms with E-state index < -0.39 is 5.91 Å². The van der Waals surface area contributed by atoms with Gasteiger partial charge in [-0.25, -0.2) is 10.4 Å². The van der Waals surface area contributed by atoms with Crippen molar-refractivity contribution in [3.63, 3.8) is 0 Å². The van der Waals surface area contributed by atoms with Crippen molar-refractivity contribution in [3.8, 4) is 22.8 Å². The lowest BCUT2D eigenvalue weighted by atomic mass is 10.2. The first-order valence-corrected chi connectivity index (χ1v) is 7.98. The molecular formula is C19H17N5O3. The Hall–Kier alpha value is -3.81. The Bertz CT molecular complexity index is 938. The Kier molecular flexibility index (Phi) is 5.68. The van der Waals surface area contributed by atoms with Crippen LogP contribution in [0.2, 0.25) is 0 Å². The van der Waals surface area contributed by atoms with E-state index in [4.69, 9.17) is 9.47 Å². The van der Waals surface area contributed by atoms with E-state index in [-0.39, 0.29) is 5.69 Å². The van der Waals surface area contributed by atoms with Gasteiger partial charge in [-0.15, -0.1) is 0 Å². The number of aromatic nitrogens is 3. The largest absolute Gasteiger partial charge is 0.497 e. The number of nitrogens with zero attached hydrogens (tertiary/aromatic N) is 4. The predicted octanol–water partition coefficient (Wildman–Crippen LogP) is 2.32. The number of methoxy groups -OCH3 is 2.